The van der Waals surface area contributed by atoms with Gasteiger partial charge < -0.3 is 15.8 Å². The van der Waals surface area contributed by atoms with Crippen LogP contribution in [0.25, 0.3) is 0 Å². The zero-order valence-electron chi connectivity index (χ0n) is 9.97. The molecule has 1 heterocycles. The summed E-state index contributed by atoms with van der Waals surface area (Å²) in [4.78, 5) is 7.76. The van der Waals surface area contributed by atoms with Crippen molar-refractivity contribution in [2.45, 2.75) is 13.0 Å². The van der Waals surface area contributed by atoms with E-state index in [0.29, 0.717) is 5.82 Å². The fraction of sp³-hybridized carbons (Fsp3) is 0.556. The van der Waals surface area contributed by atoms with Crippen LogP contribution in [-0.2, 0) is 9.84 Å². The number of methoxy groups -OCH3 is 1. The maximum atomic E-state index is 11.1. The summed E-state index contributed by atoms with van der Waals surface area (Å²) in [7, 11) is -1.60. The standard InChI is InChI=1S/C9H16N4O3S/c1-6(4-17(3,14)15)13-8-7(10)9(16-2)12-5-11-8/h5-6H,4,10H2,1-3H3,(H,11,12,13). The summed E-state index contributed by atoms with van der Waals surface area (Å²) in [5.41, 5.74) is 6.00. The molecule has 96 valence electrons. The van der Waals surface area contributed by atoms with Gasteiger partial charge in [-0.1, -0.05) is 0 Å². The van der Waals surface area contributed by atoms with E-state index in [1.54, 1.807) is 6.92 Å². The monoisotopic (exact) mass is 260 g/mol. The molecular formula is C9H16N4O3S. The molecule has 8 heteroatoms. The fourth-order valence-corrected chi connectivity index (χ4v) is 2.38. The maximum absolute atomic E-state index is 11.1. The Morgan fingerprint density at radius 1 is 1.53 bits per heavy atom. The molecule has 17 heavy (non-hydrogen) atoms. The van der Waals surface area contributed by atoms with Gasteiger partial charge in [0.05, 0.1) is 12.9 Å². The molecule has 7 nitrogen and oxygen atoms in total. The van der Waals surface area contributed by atoms with Gasteiger partial charge in [0.25, 0.3) is 0 Å². The van der Waals surface area contributed by atoms with E-state index in [4.69, 9.17) is 10.5 Å². The van der Waals surface area contributed by atoms with Gasteiger partial charge in [-0.05, 0) is 6.92 Å². The molecule has 0 saturated carbocycles. The minimum absolute atomic E-state index is 0.00123. The first kappa shape index (κ1) is 13.5. The highest BCUT2D eigenvalue weighted by Crippen LogP contribution is 2.24. The van der Waals surface area contributed by atoms with Crippen LogP contribution < -0.4 is 15.8 Å². The number of nitrogens with zero attached hydrogens (tertiary/aromatic N) is 2. The van der Waals surface area contributed by atoms with E-state index in [-0.39, 0.29) is 23.4 Å². The third-order valence-corrected chi connectivity index (χ3v) is 3.08. The number of nitrogens with one attached hydrogen (secondary N) is 1. The summed E-state index contributed by atoms with van der Waals surface area (Å²) in [5, 5.41) is 2.91. The summed E-state index contributed by atoms with van der Waals surface area (Å²) in [6.07, 6.45) is 2.47. The molecule has 1 unspecified atom stereocenters. The molecule has 0 amide bonds. The van der Waals surface area contributed by atoms with Gasteiger partial charge >= 0.3 is 0 Å². The van der Waals surface area contributed by atoms with Gasteiger partial charge in [-0.2, -0.15) is 4.98 Å². The van der Waals surface area contributed by atoms with Gasteiger partial charge in [0.2, 0.25) is 5.88 Å². The third kappa shape index (κ3) is 4.06. The zero-order chi connectivity index (χ0) is 13.1. The van der Waals surface area contributed by atoms with E-state index in [0.717, 1.165) is 0 Å². The summed E-state index contributed by atoms with van der Waals surface area (Å²) in [6.45, 7) is 1.73. The fourth-order valence-electron chi connectivity index (χ4n) is 1.39. The van der Waals surface area contributed by atoms with E-state index >= 15 is 0 Å². The van der Waals surface area contributed by atoms with Gasteiger partial charge in [-0.3, -0.25) is 0 Å². The Morgan fingerprint density at radius 2 is 2.18 bits per heavy atom. The first-order valence-corrected chi connectivity index (χ1v) is 6.98. The van der Waals surface area contributed by atoms with Crippen molar-refractivity contribution in [3.63, 3.8) is 0 Å². The Kier molecular flexibility index (Phi) is 4.11. The van der Waals surface area contributed by atoms with Gasteiger partial charge in [0.1, 0.15) is 21.9 Å². The van der Waals surface area contributed by atoms with Gasteiger partial charge in [-0.15, -0.1) is 0 Å². The van der Waals surface area contributed by atoms with Crippen molar-refractivity contribution >= 4 is 21.3 Å². The van der Waals surface area contributed by atoms with E-state index in [2.05, 4.69) is 15.3 Å². The molecule has 3 N–H and O–H groups in total. The van der Waals surface area contributed by atoms with E-state index in [9.17, 15) is 8.42 Å². The number of nitrogen functional groups attached to an aromatic ring is 1. The molecule has 1 rings (SSSR count). The van der Waals surface area contributed by atoms with Crippen LogP contribution in [-0.4, -0.2) is 43.5 Å². The minimum Gasteiger partial charge on any atom is -0.479 e. The molecule has 0 fully saturated rings. The average molecular weight is 260 g/mol. The number of ether oxygens (including phenoxy) is 1. The quantitative estimate of drug-likeness (QED) is 0.761. The largest absolute Gasteiger partial charge is 0.479 e. The predicted octanol–water partition coefficient (Wildman–Crippen LogP) is -0.0876. The summed E-state index contributed by atoms with van der Waals surface area (Å²) in [6, 6.07) is -0.299. The summed E-state index contributed by atoms with van der Waals surface area (Å²) in [5.74, 6) is 0.626. The van der Waals surface area contributed by atoms with Gasteiger partial charge in [0.15, 0.2) is 5.82 Å². The van der Waals surface area contributed by atoms with Crippen LogP contribution >= 0.6 is 0 Å². The Morgan fingerprint density at radius 3 is 2.71 bits per heavy atom. The molecule has 1 atom stereocenters. The zero-order valence-corrected chi connectivity index (χ0v) is 10.8. The maximum Gasteiger partial charge on any atom is 0.242 e. The number of aromatic nitrogens is 2. The van der Waals surface area contributed by atoms with Crippen LogP contribution in [0.3, 0.4) is 0 Å². The number of rotatable bonds is 5. The number of hydrogen-bond acceptors (Lipinski definition) is 7. The van der Waals surface area contributed by atoms with Crippen LogP contribution in [0.2, 0.25) is 0 Å². The second-order valence-electron chi connectivity index (χ2n) is 3.78. The molecule has 0 aromatic carbocycles. The SMILES string of the molecule is COc1ncnc(NC(C)CS(C)(=O)=O)c1N. The van der Waals surface area contributed by atoms with Crippen LogP contribution in [0.15, 0.2) is 6.33 Å². The van der Waals surface area contributed by atoms with Crippen LogP contribution in [0, 0.1) is 0 Å². The highest BCUT2D eigenvalue weighted by molar-refractivity contribution is 7.90. The number of hydrogen-bond donors (Lipinski definition) is 2. The third-order valence-electron chi connectivity index (χ3n) is 1.98. The van der Waals surface area contributed by atoms with Crippen molar-refractivity contribution in [1.82, 2.24) is 9.97 Å². The van der Waals surface area contributed by atoms with E-state index in [1.165, 1.54) is 19.7 Å². The van der Waals surface area contributed by atoms with Crippen molar-refractivity contribution in [2.75, 3.05) is 30.2 Å². The van der Waals surface area contributed by atoms with Crippen molar-refractivity contribution < 1.29 is 13.2 Å². The number of nitrogens with two attached hydrogens (primary N) is 1. The topological polar surface area (TPSA) is 107 Å². The Balaban J connectivity index is 2.82. The van der Waals surface area contributed by atoms with Gasteiger partial charge in [0, 0.05) is 12.3 Å². The van der Waals surface area contributed by atoms with Crippen LogP contribution in [0.1, 0.15) is 6.92 Å². The molecular weight excluding hydrogens is 244 g/mol. The molecule has 0 aliphatic heterocycles. The second-order valence-corrected chi connectivity index (χ2v) is 5.97. The van der Waals surface area contributed by atoms with E-state index < -0.39 is 9.84 Å². The number of anilines is 2. The normalized spacial score (nSPS) is 13.1. The molecule has 1 aromatic rings. The second kappa shape index (κ2) is 5.17. The Labute approximate surface area is 100 Å². The lowest BCUT2D eigenvalue weighted by Crippen LogP contribution is -2.26. The number of sulfone groups is 1. The lowest BCUT2D eigenvalue weighted by Gasteiger charge is -2.15. The van der Waals surface area contributed by atoms with Gasteiger partial charge in [-0.25, -0.2) is 13.4 Å². The highest BCUT2D eigenvalue weighted by Gasteiger charge is 2.14. The summed E-state index contributed by atoms with van der Waals surface area (Å²) < 4.78 is 27.2. The van der Waals surface area contributed by atoms with Crippen molar-refractivity contribution in [2.24, 2.45) is 0 Å². The molecule has 1 aromatic heterocycles. The van der Waals surface area contributed by atoms with E-state index in [1.807, 2.05) is 0 Å². The lowest BCUT2D eigenvalue weighted by molar-refractivity contribution is 0.399. The van der Waals surface area contributed by atoms with Crippen LogP contribution in [0.5, 0.6) is 5.88 Å². The molecule has 0 aliphatic carbocycles. The first-order chi connectivity index (χ1) is 7.83. The van der Waals surface area contributed by atoms with Crippen molar-refractivity contribution in [1.29, 1.82) is 0 Å². The predicted molar refractivity (Wildman–Crippen MR) is 65.8 cm³/mol. The summed E-state index contributed by atoms with van der Waals surface area (Å²) >= 11 is 0. The average Bonchev–Trinajstić information content (AvgIpc) is 2.18. The van der Waals surface area contributed by atoms with Crippen LogP contribution in [0.4, 0.5) is 11.5 Å². The highest BCUT2D eigenvalue weighted by atomic mass is 32.2. The Bertz CT molecular complexity index is 489. The Hall–Kier alpha value is -1.57. The molecule has 0 spiro atoms. The van der Waals surface area contributed by atoms with Crippen molar-refractivity contribution in [3.05, 3.63) is 6.33 Å². The molecule has 0 aliphatic rings. The molecule has 0 bridgehead atoms. The molecule has 0 radical (unpaired) electrons. The first-order valence-electron chi connectivity index (χ1n) is 4.92. The smallest absolute Gasteiger partial charge is 0.242 e. The minimum atomic E-state index is -3.05. The lowest BCUT2D eigenvalue weighted by atomic mass is 10.3. The van der Waals surface area contributed by atoms with Crippen molar-refractivity contribution in [3.8, 4) is 5.88 Å². The molecule has 0 saturated heterocycles.